The van der Waals surface area contributed by atoms with E-state index in [4.69, 9.17) is 5.11 Å². The minimum atomic E-state index is -0.863. The lowest BCUT2D eigenvalue weighted by Crippen LogP contribution is -1.96. The summed E-state index contributed by atoms with van der Waals surface area (Å²) < 4.78 is 0. The van der Waals surface area contributed by atoms with Gasteiger partial charge in [-0.1, -0.05) is 43.0 Å². The number of carboxylic acid groups (broad SMARTS) is 1. The molecule has 0 aliphatic carbocycles. The topological polar surface area (TPSA) is 37.3 Å². The summed E-state index contributed by atoms with van der Waals surface area (Å²) in [6.45, 7) is 5.27. The number of carboxylic acids is 1. The Hall–Kier alpha value is -1.83. The van der Waals surface area contributed by atoms with Crippen molar-refractivity contribution < 1.29 is 9.90 Å². The van der Waals surface area contributed by atoms with E-state index in [9.17, 15) is 4.79 Å². The quantitative estimate of drug-likeness (QED) is 0.762. The van der Waals surface area contributed by atoms with Crippen molar-refractivity contribution >= 4 is 12.0 Å². The summed E-state index contributed by atoms with van der Waals surface area (Å²) in [6, 6.07) is 7.88. The fourth-order valence-electron chi connectivity index (χ4n) is 1.15. The summed E-state index contributed by atoms with van der Waals surface area (Å²) in [5.41, 5.74) is 2.54. The highest BCUT2D eigenvalue weighted by Crippen LogP contribution is 2.07. The highest BCUT2D eigenvalue weighted by atomic mass is 16.4. The SMILES string of the molecule is C=Cc1ccc(CC=C(C)C(=O)O)cc1. The Balaban J connectivity index is 2.69. The van der Waals surface area contributed by atoms with Crippen molar-refractivity contribution in [3.8, 4) is 0 Å². The van der Waals surface area contributed by atoms with Crippen LogP contribution >= 0.6 is 0 Å². The first-order valence-electron chi connectivity index (χ1n) is 4.75. The van der Waals surface area contributed by atoms with Crippen LogP contribution in [0.25, 0.3) is 6.08 Å². The van der Waals surface area contributed by atoms with Crippen molar-refractivity contribution in [3.63, 3.8) is 0 Å². The molecule has 0 aliphatic rings. The van der Waals surface area contributed by atoms with Gasteiger partial charge < -0.3 is 5.11 Å². The van der Waals surface area contributed by atoms with E-state index < -0.39 is 5.97 Å². The van der Waals surface area contributed by atoms with Gasteiger partial charge in [-0.3, -0.25) is 0 Å². The Bertz CT molecular complexity index is 386. The van der Waals surface area contributed by atoms with Crippen LogP contribution in [-0.4, -0.2) is 11.1 Å². The number of aliphatic carboxylic acids is 1. The van der Waals surface area contributed by atoms with Crippen molar-refractivity contribution in [2.75, 3.05) is 0 Å². The molecule has 0 aliphatic heterocycles. The largest absolute Gasteiger partial charge is 0.478 e. The third-order valence-electron chi connectivity index (χ3n) is 2.20. The Kier molecular flexibility index (Phi) is 3.86. The van der Waals surface area contributed by atoms with Gasteiger partial charge in [0, 0.05) is 5.57 Å². The van der Waals surface area contributed by atoms with Gasteiger partial charge in [0.1, 0.15) is 0 Å². The minimum Gasteiger partial charge on any atom is -0.478 e. The second-order valence-electron chi connectivity index (χ2n) is 3.34. The van der Waals surface area contributed by atoms with Gasteiger partial charge in [-0.25, -0.2) is 4.79 Å². The van der Waals surface area contributed by atoms with E-state index in [1.165, 1.54) is 0 Å². The second-order valence-corrected chi connectivity index (χ2v) is 3.34. The van der Waals surface area contributed by atoms with Crippen molar-refractivity contribution in [1.29, 1.82) is 0 Å². The lowest BCUT2D eigenvalue weighted by molar-refractivity contribution is -0.132. The molecule has 0 saturated carbocycles. The smallest absolute Gasteiger partial charge is 0.330 e. The molecular weight excluding hydrogens is 188 g/mol. The van der Waals surface area contributed by atoms with Crippen molar-refractivity contribution in [2.45, 2.75) is 13.3 Å². The van der Waals surface area contributed by atoms with Crippen LogP contribution in [0.3, 0.4) is 0 Å². The first kappa shape index (κ1) is 11.2. The highest BCUT2D eigenvalue weighted by Gasteiger charge is 1.98. The van der Waals surface area contributed by atoms with E-state index in [1.807, 2.05) is 24.3 Å². The highest BCUT2D eigenvalue weighted by molar-refractivity contribution is 5.85. The van der Waals surface area contributed by atoms with Gasteiger partial charge in [-0.2, -0.15) is 0 Å². The Morgan fingerprint density at radius 1 is 1.40 bits per heavy atom. The first-order valence-corrected chi connectivity index (χ1v) is 4.75. The average molecular weight is 202 g/mol. The van der Waals surface area contributed by atoms with Crippen molar-refractivity contribution in [2.24, 2.45) is 0 Å². The third-order valence-corrected chi connectivity index (χ3v) is 2.20. The second kappa shape index (κ2) is 5.15. The van der Waals surface area contributed by atoms with Crippen LogP contribution in [0, 0.1) is 0 Å². The zero-order valence-corrected chi connectivity index (χ0v) is 8.73. The molecule has 0 unspecified atom stereocenters. The maximum atomic E-state index is 10.5. The van der Waals surface area contributed by atoms with E-state index in [2.05, 4.69) is 6.58 Å². The monoisotopic (exact) mass is 202 g/mol. The average Bonchev–Trinajstić information content (AvgIpc) is 2.26. The predicted molar refractivity (Wildman–Crippen MR) is 61.6 cm³/mol. The fraction of sp³-hybridized carbons (Fsp3) is 0.154. The van der Waals surface area contributed by atoms with Gasteiger partial charge in [0.15, 0.2) is 0 Å². The lowest BCUT2D eigenvalue weighted by Gasteiger charge is -1.98. The van der Waals surface area contributed by atoms with E-state index in [-0.39, 0.29) is 0 Å². The summed E-state index contributed by atoms with van der Waals surface area (Å²) >= 11 is 0. The van der Waals surface area contributed by atoms with Crippen LogP contribution < -0.4 is 0 Å². The number of rotatable bonds is 4. The Morgan fingerprint density at radius 2 is 2.00 bits per heavy atom. The van der Waals surface area contributed by atoms with Crippen LogP contribution in [0.15, 0.2) is 42.5 Å². The van der Waals surface area contributed by atoms with Gasteiger partial charge in [-0.05, 0) is 24.5 Å². The first-order chi connectivity index (χ1) is 7.13. The molecule has 1 aromatic rings. The van der Waals surface area contributed by atoms with Crippen molar-refractivity contribution in [3.05, 3.63) is 53.6 Å². The number of carbonyl (C=O) groups is 1. The molecule has 0 spiro atoms. The van der Waals surface area contributed by atoms with Crippen LogP contribution in [0.5, 0.6) is 0 Å². The van der Waals surface area contributed by atoms with Gasteiger partial charge in [0.25, 0.3) is 0 Å². The molecular formula is C13H14O2. The van der Waals surface area contributed by atoms with E-state index in [1.54, 1.807) is 19.1 Å². The van der Waals surface area contributed by atoms with E-state index in [0.29, 0.717) is 12.0 Å². The maximum Gasteiger partial charge on any atom is 0.330 e. The van der Waals surface area contributed by atoms with Gasteiger partial charge in [0.2, 0.25) is 0 Å². The molecule has 0 aromatic heterocycles. The van der Waals surface area contributed by atoms with E-state index >= 15 is 0 Å². The standard InChI is InChI=1S/C13H14O2/c1-3-11-6-8-12(9-7-11)5-4-10(2)13(14)15/h3-4,6-9H,1,5H2,2H3,(H,14,15). The number of allylic oxidation sites excluding steroid dienone is 1. The Labute approximate surface area is 89.6 Å². The molecule has 15 heavy (non-hydrogen) atoms. The zero-order chi connectivity index (χ0) is 11.3. The molecule has 0 amide bonds. The summed E-state index contributed by atoms with van der Waals surface area (Å²) in [5, 5.41) is 8.66. The van der Waals surface area contributed by atoms with Crippen LogP contribution in [0.4, 0.5) is 0 Å². The number of benzene rings is 1. The number of hydrogen-bond acceptors (Lipinski definition) is 1. The van der Waals surface area contributed by atoms with Crippen LogP contribution in [0.1, 0.15) is 18.1 Å². The molecule has 2 heteroatoms. The predicted octanol–water partition coefficient (Wildman–Crippen LogP) is 2.90. The molecule has 1 aromatic carbocycles. The van der Waals surface area contributed by atoms with E-state index in [0.717, 1.165) is 11.1 Å². The normalized spacial score (nSPS) is 11.1. The zero-order valence-electron chi connectivity index (χ0n) is 8.73. The molecule has 0 fully saturated rings. The molecule has 1 N–H and O–H groups in total. The van der Waals surface area contributed by atoms with Gasteiger partial charge >= 0.3 is 5.97 Å². The van der Waals surface area contributed by atoms with Crippen molar-refractivity contribution in [1.82, 2.24) is 0 Å². The molecule has 0 atom stereocenters. The molecule has 0 bridgehead atoms. The maximum absolute atomic E-state index is 10.5. The summed E-state index contributed by atoms with van der Waals surface area (Å²) in [6.07, 6.45) is 4.14. The molecule has 0 heterocycles. The molecule has 0 saturated heterocycles. The summed E-state index contributed by atoms with van der Waals surface area (Å²) in [4.78, 5) is 10.5. The third kappa shape index (κ3) is 3.43. The van der Waals surface area contributed by atoms with Crippen LogP contribution in [-0.2, 0) is 11.2 Å². The molecule has 78 valence electrons. The fourth-order valence-corrected chi connectivity index (χ4v) is 1.15. The Morgan fingerprint density at radius 3 is 2.47 bits per heavy atom. The van der Waals surface area contributed by atoms with Gasteiger partial charge in [0.05, 0.1) is 0 Å². The van der Waals surface area contributed by atoms with Crippen LogP contribution in [0.2, 0.25) is 0 Å². The molecule has 2 nitrogen and oxygen atoms in total. The van der Waals surface area contributed by atoms with Gasteiger partial charge in [-0.15, -0.1) is 0 Å². The minimum absolute atomic E-state index is 0.378. The molecule has 1 rings (SSSR count). The lowest BCUT2D eigenvalue weighted by atomic mass is 10.1. The number of hydrogen-bond donors (Lipinski definition) is 1. The molecule has 0 radical (unpaired) electrons. The summed E-state index contributed by atoms with van der Waals surface area (Å²) in [7, 11) is 0. The summed E-state index contributed by atoms with van der Waals surface area (Å²) in [5.74, 6) is -0.863.